The normalized spacial score (nSPS) is 19.2. The number of benzene rings is 2. The summed E-state index contributed by atoms with van der Waals surface area (Å²) in [4.78, 5) is 0. The van der Waals surface area contributed by atoms with Gasteiger partial charge in [-0.25, -0.2) is 13.2 Å². The van der Waals surface area contributed by atoms with Crippen molar-refractivity contribution >= 4 is 6.08 Å². The standard InChI is InChI=1S/C28H29F3O/c1-18-6-11-22(12-7-18)24-15-16-25(28(31)27(24)30)23-13-9-21(10-14-23)8-5-19(2)17-26(29)20(3)32-4/h5,8-10,13-18,22H,2-3,6-7,11-12H2,1,4H3/b8-5+,26-17+. The summed E-state index contributed by atoms with van der Waals surface area (Å²) in [6.45, 7) is 9.42. The zero-order valence-electron chi connectivity index (χ0n) is 18.6. The van der Waals surface area contributed by atoms with Crippen molar-refractivity contribution in [1.29, 1.82) is 0 Å². The van der Waals surface area contributed by atoms with Crippen LogP contribution < -0.4 is 0 Å². The summed E-state index contributed by atoms with van der Waals surface area (Å²) in [7, 11) is 1.34. The average molecular weight is 439 g/mol. The van der Waals surface area contributed by atoms with Crippen molar-refractivity contribution in [3.8, 4) is 11.1 Å². The predicted molar refractivity (Wildman–Crippen MR) is 126 cm³/mol. The molecule has 1 aliphatic carbocycles. The minimum atomic E-state index is -0.795. The van der Waals surface area contributed by atoms with E-state index >= 15 is 0 Å². The predicted octanol–water partition coefficient (Wildman–Crippen LogP) is 8.51. The lowest BCUT2D eigenvalue weighted by atomic mass is 9.79. The van der Waals surface area contributed by atoms with Gasteiger partial charge in [0.2, 0.25) is 0 Å². The van der Waals surface area contributed by atoms with Crippen molar-refractivity contribution in [1.82, 2.24) is 0 Å². The zero-order valence-corrected chi connectivity index (χ0v) is 18.6. The second-order valence-corrected chi connectivity index (χ2v) is 8.44. The summed E-state index contributed by atoms with van der Waals surface area (Å²) in [6, 6.07) is 10.5. The maximum atomic E-state index is 14.9. The molecule has 2 aromatic carbocycles. The summed E-state index contributed by atoms with van der Waals surface area (Å²) in [5.74, 6) is -1.44. The van der Waals surface area contributed by atoms with Crippen LogP contribution in [0, 0.1) is 17.6 Å². The molecule has 0 aromatic heterocycles. The first-order valence-electron chi connectivity index (χ1n) is 10.9. The van der Waals surface area contributed by atoms with E-state index in [-0.39, 0.29) is 17.2 Å². The molecule has 0 heterocycles. The van der Waals surface area contributed by atoms with Crippen molar-refractivity contribution in [3.05, 3.63) is 102 Å². The summed E-state index contributed by atoms with van der Waals surface area (Å²) < 4.78 is 48.2. The first-order chi connectivity index (χ1) is 15.3. The molecule has 0 aliphatic heterocycles. The van der Waals surface area contributed by atoms with Crippen LogP contribution in [0.2, 0.25) is 0 Å². The maximum absolute atomic E-state index is 14.9. The third-order valence-electron chi connectivity index (χ3n) is 6.10. The summed E-state index contributed by atoms with van der Waals surface area (Å²) in [6.07, 6.45) is 8.55. The Hall–Kier alpha value is -3.01. The Morgan fingerprint density at radius 1 is 0.969 bits per heavy atom. The van der Waals surface area contributed by atoms with Gasteiger partial charge in [-0.15, -0.1) is 0 Å². The van der Waals surface area contributed by atoms with Crippen molar-refractivity contribution < 1.29 is 17.9 Å². The van der Waals surface area contributed by atoms with Gasteiger partial charge >= 0.3 is 0 Å². The van der Waals surface area contributed by atoms with Crippen molar-refractivity contribution in [2.75, 3.05) is 7.11 Å². The number of allylic oxidation sites excluding steroid dienone is 4. The van der Waals surface area contributed by atoms with Crippen molar-refractivity contribution in [2.24, 2.45) is 5.92 Å². The Balaban J connectivity index is 1.74. The van der Waals surface area contributed by atoms with Crippen LogP contribution in [-0.4, -0.2) is 7.11 Å². The molecule has 32 heavy (non-hydrogen) atoms. The Morgan fingerprint density at radius 2 is 1.62 bits per heavy atom. The minimum Gasteiger partial charge on any atom is -0.494 e. The van der Waals surface area contributed by atoms with E-state index in [9.17, 15) is 13.2 Å². The van der Waals surface area contributed by atoms with Crippen LogP contribution in [0.5, 0.6) is 0 Å². The molecule has 4 heteroatoms. The third-order valence-corrected chi connectivity index (χ3v) is 6.10. The molecule has 3 rings (SSSR count). The highest BCUT2D eigenvalue weighted by Crippen LogP contribution is 2.38. The molecule has 0 unspecified atom stereocenters. The van der Waals surface area contributed by atoms with Crippen LogP contribution in [0.1, 0.15) is 49.7 Å². The minimum absolute atomic E-state index is 0.0674. The number of halogens is 3. The van der Waals surface area contributed by atoms with E-state index in [0.29, 0.717) is 22.6 Å². The summed E-state index contributed by atoms with van der Waals surface area (Å²) in [5.41, 5.74) is 2.60. The van der Waals surface area contributed by atoms with Gasteiger partial charge in [-0.3, -0.25) is 0 Å². The fourth-order valence-electron chi connectivity index (χ4n) is 4.04. The molecule has 2 aromatic rings. The van der Waals surface area contributed by atoms with Crippen LogP contribution in [0.25, 0.3) is 17.2 Å². The molecular weight excluding hydrogens is 409 g/mol. The highest BCUT2D eigenvalue weighted by molar-refractivity contribution is 5.67. The van der Waals surface area contributed by atoms with Gasteiger partial charge in [-0.2, -0.15) is 0 Å². The highest BCUT2D eigenvalue weighted by Gasteiger charge is 2.25. The van der Waals surface area contributed by atoms with E-state index in [1.807, 2.05) is 0 Å². The number of methoxy groups -OCH3 is 1. The van der Waals surface area contributed by atoms with Gasteiger partial charge in [0.1, 0.15) is 5.76 Å². The van der Waals surface area contributed by atoms with E-state index in [0.717, 1.165) is 31.2 Å². The second kappa shape index (κ2) is 10.5. The Bertz CT molecular complexity index is 1040. The SMILES string of the molecule is C=C(/C=C/c1ccc(-c2ccc(C3CCC(C)CC3)c(F)c2F)cc1)/C=C(/F)C(=C)OC. The first-order valence-corrected chi connectivity index (χ1v) is 10.9. The fraction of sp³-hybridized carbons (Fsp3) is 0.286. The molecule has 0 saturated heterocycles. The van der Waals surface area contributed by atoms with Crippen molar-refractivity contribution in [2.45, 2.75) is 38.5 Å². The first kappa shape index (κ1) is 23.6. The van der Waals surface area contributed by atoms with E-state index in [2.05, 4.69) is 20.1 Å². The smallest absolute Gasteiger partial charge is 0.166 e. The summed E-state index contributed by atoms with van der Waals surface area (Å²) in [5, 5.41) is 0. The van der Waals surface area contributed by atoms with Gasteiger partial charge in [0, 0.05) is 5.56 Å². The number of rotatable bonds is 7. The van der Waals surface area contributed by atoms with E-state index in [1.165, 1.54) is 13.2 Å². The monoisotopic (exact) mass is 438 g/mol. The van der Waals surface area contributed by atoms with Gasteiger partial charge < -0.3 is 4.74 Å². The van der Waals surface area contributed by atoms with Crippen LogP contribution in [0.3, 0.4) is 0 Å². The van der Waals surface area contributed by atoms with Crippen molar-refractivity contribution in [3.63, 3.8) is 0 Å². The highest BCUT2D eigenvalue weighted by atomic mass is 19.2. The average Bonchev–Trinajstić information content (AvgIpc) is 2.80. The fourth-order valence-corrected chi connectivity index (χ4v) is 4.04. The van der Waals surface area contributed by atoms with E-state index < -0.39 is 17.5 Å². The summed E-state index contributed by atoms with van der Waals surface area (Å²) >= 11 is 0. The lowest BCUT2D eigenvalue weighted by molar-refractivity contribution is 0.285. The van der Waals surface area contributed by atoms with Gasteiger partial charge in [-0.05, 0) is 53.0 Å². The molecule has 168 valence electrons. The topological polar surface area (TPSA) is 9.23 Å². The maximum Gasteiger partial charge on any atom is 0.166 e. The molecule has 1 aliphatic rings. The Kier molecular flexibility index (Phi) is 7.79. The third kappa shape index (κ3) is 5.61. The van der Waals surface area contributed by atoms with Gasteiger partial charge in [0.25, 0.3) is 0 Å². The molecule has 1 saturated carbocycles. The van der Waals surface area contributed by atoms with Crippen LogP contribution in [0.15, 0.2) is 78.9 Å². The van der Waals surface area contributed by atoms with Gasteiger partial charge in [0.05, 0.1) is 7.11 Å². The Morgan fingerprint density at radius 3 is 2.25 bits per heavy atom. The molecule has 0 amide bonds. The molecule has 0 atom stereocenters. The number of ether oxygens (including phenoxy) is 1. The van der Waals surface area contributed by atoms with E-state index in [4.69, 9.17) is 4.74 Å². The van der Waals surface area contributed by atoms with Gasteiger partial charge in [0.15, 0.2) is 17.5 Å². The van der Waals surface area contributed by atoms with Crippen LogP contribution in [0.4, 0.5) is 13.2 Å². The van der Waals surface area contributed by atoms with Crippen LogP contribution in [-0.2, 0) is 4.74 Å². The quantitative estimate of drug-likeness (QED) is 0.311. The molecule has 0 N–H and O–H groups in total. The number of hydrogen-bond donors (Lipinski definition) is 0. The molecule has 0 bridgehead atoms. The molecular formula is C28H29F3O. The van der Waals surface area contributed by atoms with E-state index in [1.54, 1.807) is 48.6 Å². The zero-order chi connectivity index (χ0) is 23.3. The molecule has 0 spiro atoms. The Labute approximate surface area is 188 Å². The number of hydrogen-bond acceptors (Lipinski definition) is 1. The lowest BCUT2D eigenvalue weighted by Gasteiger charge is -2.27. The largest absolute Gasteiger partial charge is 0.494 e. The molecule has 1 fully saturated rings. The molecule has 0 radical (unpaired) electrons. The second-order valence-electron chi connectivity index (χ2n) is 8.44. The van der Waals surface area contributed by atoms with Gasteiger partial charge in [-0.1, -0.05) is 81.5 Å². The van der Waals surface area contributed by atoms with Crippen LogP contribution >= 0.6 is 0 Å². The molecule has 1 nitrogen and oxygen atoms in total. The lowest BCUT2D eigenvalue weighted by Crippen LogP contribution is -2.13.